The summed E-state index contributed by atoms with van der Waals surface area (Å²) in [5.74, 6) is 0.0197. The molecule has 1 aromatic heterocycles. The van der Waals surface area contributed by atoms with E-state index in [1.165, 1.54) is 16.2 Å². The number of hydrogen-bond acceptors (Lipinski definition) is 5. The first kappa shape index (κ1) is 18.7. The average molecular weight is 360 g/mol. The van der Waals surface area contributed by atoms with E-state index in [1.807, 2.05) is 5.38 Å². The Kier molecular flexibility index (Phi) is 6.71. The Balaban J connectivity index is 1.79. The third-order valence-corrected chi connectivity index (χ3v) is 4.43. The van der Waals surface area contributed by atoms with Crippen LogP contribution < -0.4 is 10.1 Å². The van der Waals surface area contributed by atoms with Gasteiger partial charge in [-0.05, 0) is 23.6 Å². The van der Waals surface area contributed by atoms with E-state index < -0.39 is 0 Å². The number of likely N-dealkylation sites (N-methyl/N-ethyl adjacent to an activating group) is 1. The Bertz CT molecular complexity index is 743. The van der Waals surface area contributed by atoms with Gasteiger partial charge >= 0.3 is 0 Å². The van der Waals surface area contributed by atoms with Crippen LogP contribution in [-0.2, 0) is 9.59 Å². The maximum absolute atomic E-state index is 12.1. The Morgan fingerprint density at radius 3 is 2.64 bits per heavy atom. The molecule has 1 aromatic carbocycles. The molecule has 25 heavy (non-hydrogen) atoms. The SMILES string of the molecule is COc1cccc(NC(=O)CN(C)C(=O)CCC(=O)c2cccs2)c1. The zero-order valence-electron chi connectivity index (χ0n) is 14.2. The van der Waals surface area contributed by atoms with Gasteiger partial charge in [0.1, 0.15) is 5.75 Å². The monoisotopic (exact) mass is 360 g/mol. The summed E-state index contributed by atoms with van der Waals surface area (Å²) in [6.07, 6.45) is 0.223. The highest BCUT2D eigenvalue weighted by atomic mass is 32.1. The molecule has 0 saturated heterocycles. The summed E-state index contributed by atoms with van der Waals surface area (Å²) in [6, 6.07) is 10.5. The lowest BCUT2D eigenvalue weighted by Crippen LogP contribution is -2.35. The number of rotatable bonds is 8. The molecule has 2 aromatic rings. The van der Waals surface area contributed by atoms with E-state index in [4.69, 9.17) is 4.74 Å². The van der Waals surface area contributed by atoms with E-state index in [2.05, 4.69) is 5.32 Å². The van der Waals surface area contributed by atoms with Crippen LogP contribution in [0, 0.1) is 0 Å². The third-order valence-electron chi connectivity index (χ3n) is 3.52. The summed E-state index contributed by atoms with van der Waals surface area (Å²) >= 11 is 1.36. The number of anilines is 1. The number of benzene rings is 1. The van der Waals surface area contributed by atoms with Crippen LogP contribution in [0.4, 0.5) is 5.69 Å². The van der Waals surface area contributed by atoms with Crippen molar-refractivity contribution in [3.63, 3.8) is 0 Å². The van der Waals surface area contributed by atoms with Gasteiger partial charge in [-0.3, -0.25) is 14.4 Å². The van der Waals surface area contributed by atoms with Crippen LogP contribution in [0.3, 0.4) is 0 Å². The minimum atomic E-state index is -0.311. The van der Waals surface area contributed by atoms with Gasteiger partial charge in [-0.1, -0.05) is 12.1 Å². The van der Waals surface area contributed by atoms with Crippen LogP contribution in [0.5, 0.6) is 5.75 Å². The highest BCUT2D eigenvalue weighted by Gasteiger charge is 2.16. The first-order chi connectivity index (χ1) is 12.0. The molecule has 0 spiro atoms. The van der Waals surface area contributed by atoms with E-state index in [0.29, 0.717) is 16.3 Å². The minimum Gasteiger partial charge on any atom is -0.497 e. The minimum absolute atomic E-state index is 0.0578. The van der Waals surface area contributed by atoms with Crippen LogP contribution in [0.25, 0.3) is 0 Å². The molecule has 0 atom stereocenters. The van der Waals surface area contributed by atoms with Gasteiger partial charge in [0.05, 0.1) is 18.5 Å². The molecule has 0 aliphatic rings. The number of ketones is 1. The second-order valence-corrected chi connectivity index (χ2v) is 6.38. The summed E-state index contributed by atoms with van der Waals surface area (Å²) in [6.45, 7) is -0.0801. The van der Waals surface area contributed by atoms with Gasteiger partial charge in [0, 0.05) is 31.6 Å². The van der Waals surface area contributed by atoms with E-state index >= 15 is 0 Å². The molecule has 1 N–H and O–H groups in total. The number of hydrogen-bond donors (Lipinski definition) is 1. The largest absolute Gasteiger partial charge is 0.497 e. The number of amides is 2. The first-order valence-electron chi connectivity index (χ1n) is 7.74. The van der Waals surface area contributed by atoms with Gasteiger partial charge in [-0.15, -0.1) is 11.3 Å². The standard InChI is InChI=1S/C18H20N2O4S/c1-20(18(23)9-8-15(21)16-7-4-10-25-16)12-17(22)19-13-5-3-6-14(11-13)24-2/h3-7,10-11H,8-9,12H2,1-2H3,(H,19,22). The molecule has 0 unspecified atom stereocenters. The van der Waals surface area contributed by atoms with Gasteiger partial charge in [0.25, 0.3) is 0 Å². The summed E-state index contributed by atoms with van der Waals surface area (Å²) in [7, 11) is 3.09. The second kappa shape index (κ2) is 8.98. The molecule has 2 rings (SSSR count). The van der Waals surface area contributed by atoms with Crippen LogP contribution in [-0.4, -0.2) is 43.2 Å². The molecule has 1 heterocycles. The topological polar surface area (TPSA) is 75.7 Å². The molecular weight excluding hydrogens is 340 g/mol. The lowest BCUT2D eigenvalue weighted by Gasteiger charge is -2.16. The number of carbonyl (C=O) groups is 3. The van der Waals surface area contributed by atoms with Crippen molar-refractivity contribution in [2.75, 3.05) is 26.0 Å². The number of Topliss-reactive ketones (excluding diaryl/α,β-unsaturated/α-hetero) is 1. The van der Waals surface area contributed by atoms with Gasteiger partial charge in [0.15, 0.2) is 5.78 Å². The molecule has 132 valence electrons. The Labute approximate surface area is 150 Å². The molecule has 0 fully saturated rings. The number of nitrogens with zero attached hydrogens (tertiary/aromatic N) is 1. The third kappa shape index (κ3) is 5.72. The van der Waals surface area contributed by atoms with Crippen molar-refractivity contribution in [1.82, 2.24) is 4.90 Å². The molecule has 0 saturated carbocycles. The summed E-state index contributed by atoms with van der Waals surface area (Å²) < 4.78 is 5.09. The zero-order chi connectivity index (χ0) is 18.2. The Morgan fingerprint density at radius 1 is 1.16 bits per heavy atom. The normalized spacial score (nSPS) is 10.2. The van der Waals surface area contributed by atoms with Crippen LogP contribution >= 0.6 is 11.3 Å². The number of carbonyl (C=O) groups excluding carboxylic acids is 3. The Morgan fingerprint density at radius 2 is 1.96 bits per heavy atom. The first-order valence-corrected chi connectivity index (χ1v) is 8.62. The smallest absolute Gasteiger partial charge is 0.243 e. The molecule has 0 aliphatic heterocycles. The molecule has 0 bridgehead atoms. The van der Waals surface area contributed by atoms with Crippen molar-refractivity contribution in [1.29, 1.82) is 0 Å². The van der Waals surface area contributed by atoms with Crippen LogP contribution in [0.1, 0.15) is 22.5 Å². The van der Waals surface area contributed by atoms with Crippen molar-refractivity contribution in [3.05, 3.63) is 46.7 Å². The summed E-state index contributed by atoms with van der Waals surface area (Å²) in [5.41, 5.74) is 0.595. The summed E-state index contributed by atoms with van der Waals surface area (Å²) in [4.78, 5) is 38.0. The second-order valence-electron chi connectivity index (χ2n) is 5.43. The fourth-order valence-electron chi connectivity index (χ4n) is 2.18. The lowest BCUT2D eigenvalue weighted by atomic mass is 10.2. The molecule has 7 heteroatoms. The van der Waals surface area contributed by atoms with E-state index in [0.717, 1.165) is 0 Å². The maximum Gasteiger partial charge on any atom is 0.243 e. The van der Waals surface area contributed by atoms with Crippen molar-refractivity contribution < 1.29 is 19.1 Å². The number of thiophene rings is 1. The van der Waals surface area contributed by atoms with Crippen molar-refractivity contribution in [3.8, 4) is 5.75 Å². The van der Waals surface area contributed by atoms with Gasteiger partial charge in [-0.25, -0.2) is 0 Å². The predicted octanol–water partition coefficient (Wildman–Crippen LogP) is 2.82. The van der Waals surface area contributed by atoms with E-state index in [-0.39, 0.29) is 37.0 Å². The van der Waals surface area contributed by atoms with Crippen LogP contribution in [0.15, 0.2) is 41.8 Å². The highest BCUT2D eigenvalue weighted by molar-refractivity contribution is 7.12. The predicted molar refractivity (Wildman–Crippen MR) is 97.1 cm³/mol. The summed E-state index contributed by atoms with van der Waals surface area (Å²) in [5, 5.41) is 4.54. The number of nitrogens with one attached hydrogen (secondary N) is 1. The van der Waals surface area contributed by atoms with E-state index in [1.54, 1.807) is 50.6 Å². The van der Waals surface area contributed by atoms with Gasteiger partial charge in [0.2, 0.25) is 11.8 Å². The van der Waals surface area contributed by atoms with Crippen molar-refractivity contribution in [2.24, 2.45) is 0 Å². The molecular formula is C18H20N2O4S. The zero-order valence-corrected chi connectivity index (χ0v) is 15.0. The van der Waals surface area contributed by atoms with Crippen LogP contribution in [0.2, 0.25) is 0 Å². The highest BCUT2D eigenvalue weighted by Crippen LogP contribution is 2.16. The number of methoxy groups -OCH3 is 1. The fraction of sp³-hybridized carbons (Fsp3) is 0.278. The molecule has 6 nitrogen and oxygen atoms in total. The molecule has 0 aliphatic carbocycles. The van der Waals surface area contributed by atoms with Gasteiger partial charge < -0.3 is 15.0 Å². The lowest BCUT2D eigenvalue weighted by molar-refractivity contribution is -0.133. The Hall–Kier alpha value is -2.67. The molecule has 0 radical (unpaired) electrons. The van der Waals surface area contributed by atoms with Crippen molar-refractivity contribution >= 4 is 34.6 Å². The fourth-order valence-corrected chi connectivity index (χ4v) is 2.87. The average Bonchev–Trinajstić information content (AvgIpc) is 3.14. The number of ether oxygens (including phenoxy) is 1. The molecule has 2 amide bonds. The van der Waals surface area contributed by atoms with Gasteiger partial charge in [-0.2, -0.15) is 0 Å². The van der Waals surface area contributed by atoms with Crippen molar-refractivity contribution in [2.45, 2.75) is 12.8 Å². The quantitative estimate of drug-likeness (QED) is 0.735. The van der Waals surface area contributed by atoms with E-state index in [9.17, 15) is 14.4 Å². The maximum atomic E-state index is 12.1.